The number of carbonyl (C=O) groups excluding carboxylic acids is 1. The molecule has 1 N–H and O–H groups in total. The van der Waals surface area contributed by atoms with Crippen molar-refractivity contribution in [2.75, 3.05) is 61.7 Å². The Morgan fingerprint density at radius 1 is 1.03 bits per heavy atom. The molecule has 2 aliphatic rings. The minimum atomic E-state index is -0.462. The van der Waals surface area contributed by atoms with Gasteiger partial charge in [0.25, 0.3) is 0 Å². The zero-order chi connectivity index (χ0) is 26.3. The van der Waals surface area contributed by atoms with E-state index in [-0.39, 0.29) is 0 Å². The number of aromatic nitrogens is 3. The lowest BCUT2D eigenvalue weighted by atomic mass is 10.2. The van der Waals surface area contributed by atoms with Gasteiger partial charge in [-0.25, -0.2) is 10.2 Å². The second-order valence-corrected chi connectivity index (χ2v) is 9.64. The fourth-order valence-electron chi connectivity index (χ4n) is 4.17. The Bertz CT molecular complexity index is 1310. The number of hydrogen-bond donors (Lipinski definition) is 1. The van der Waals surface area contributed by atoms with Gasteiger partial charge in [0.05, 0.1) is 32.1 Å². The smallest absolute Gasteiger partial charge is 0.343 e. The number of nitrogens with one attached hydrogen (secondary N) is 1. The van der Waals surface area contributed by atoms with Crippen LogP contribution in [0.25, 0.3) is 0 Å². The van der Waals surface area contributed by atoms with Gasteiger partial charge < -0.3 is 24.0 Å². The summed E-state index contributed by atoms with van der Waals surface area (Å²) < 4.78 is 17.3. The van der Waals surface area contributed by atoms with Crippen LogP contribution in [-0.2, 0) is 4.74 Å². The first-order valence-electron chi connectivity index (χ1n) is 12.4. The first-order valence-corrected chi connectivity index (χ1v) is 13.2. The fraction of sp³-hybridized carbons (Fsp3) is 0.346. The van der Waals surface area contributed by atoms with E-state index >= 15 is 0 Å². The molecule has 0 spiro atoms. The molecule has 38 heavy (non-hydrogen) atoms. The van der Waals surface area contributed by atoms with Gasteiger partial charge in [-0.05, 0) is 43.2 Å². The summed E-state index contributed by atoms with van der Waals surface area (Å²) in [5.74, 6) is 2.01. The third kappa shape index (κ3) is 6.37. The maximum absolute atomic E-state index is 12.5. The first-order chi connectivity index (χ1) is 18.6. The normalized spacial score (nSPS) is 15.6. The number of benzene rings is 2. The maximum atomic E-state index is 12.5. The Balaban J connectivity index is 1.30. The summed E-state index contributed by atoms with van der Waals surface area (Å²) in [5, 5.41) is 4.34. The molecule has 0 bridgehead atoms. The summed E-state index contributed by atoms with van der Waals surface area (Å²) in [5.41, 5.74) is 4.06. The monoisotopic (exact) mass is 581 g/mol. The van der Waals surface area contributed by atoms with Crippen LogP contribution in [0.3, 0.4) is 0 Å². The van der Waals surface area contributed by atoms with Crippen LogP contribution < -0.4 is 24.7 Å². The number of anilines is 3. The van der Waals surface area contributed by atoms with Crippen molar-refractivity contribution < 1.29 is 19.0 Å². The third-order valence-electron chi connectivity index (χ3n) is 6.14. The van der Waals surface area contributed by atoms with Crippen LogP contribution >= 0.6 is 15.9 Å². The molecule has 2 aromatic carbocycles. The van der Waals surface area contributed by atoms with E-state index in [1.165, 1.54) is 0 Å². The summed E-state index contributed by atoms with van der Waals surface area (Å²) in [6.07, 6.45) is 3.84. The lowest BCUT2D eigenvalue weighted by Gasteiger charge is -2.27. The van der Waals surface area contributed by atoms with Gasteiger partial charge in [0.2, 0.25) is 17.8 Å². The Morgan fingerprint density at radius 3 is 2.47 bits per heavy atom. The van der Waals surface area contributed by atoms with E-state index in [0.29, 0.717) is 53.7 Å². The minimum Gasteiger partial charge on any atom is -0.496 e. The fourth-order valence-corrected chi connectivity index (χ4v) is 4.57. The van der Waals surface area contributed by atoms with Crippen molar-refractivity contribution in [1.29, 1.82) is 0 Å². The molecular formula is C26H28BrN7O4. The Hall–Kier alpha value is -3.77. The number of morpholine rings is 1. The molecule has 5 rings (SSSR count). The van der Waals surface area contributed by atoms with Gasteiger partial charge >= 0.3 is 5.97 Å². The van der Waals surface area contributed by atoms with Crippen LogP contribution in [0.15, 0.2) is 52.0 Å². The van der Waals surface area contributed by atoms with Gasteiger partial charge in [-0.2, -0.15) is 20.1 Å². The van der Waals surface area contributed by atoms with Gasteiger partial charge in [0.15, 0.2) is 0 Å². The van der Waals surface area contributed by atoms with Crippen molar-refractivity contribution >= 4 is 46.0 Å². The summed E-state index contributed by atoms with van der Waals surface area (Å²) in [6, 6.07) is 12.1. The van der Waals surface area contributed by atoms with Crippen molar-refractivity contribution in [2.45, 2.75) is 12.8 Å². The van der Waals surface area contributed by atoms with Gasteiger partial charge in [0.1, 0.15) is 11.5 Å². The molecule has 12 heteroatoms. The highest BCUT2D eigenvalue weighted by Gasteiger charge is 2.21. The highest BCUT2D eigenvalue weighted by molar-refractivity contribution is 9.10. The average Bonchev–Trinajstić information content (AvgIpc) is 3.49. The number of halogens is 1. The van der Waals surface area contributed by atoms with Gasteiger partial charge in [0, 0.05) is 42.3 Å². The quantitative estimate of drug-likeness (QED) is 0.182. The SMILES string of the molecule is COc1cc(OC(=O)c2cccc(Br)c2)ccc1C=NNc1nc(N2CCCC2)nc(N2CCOCC2)n1. The van der Waals surface area contributed by atoms with Gasteiger partial charge in [-0.3, -0.25) is 0 Å². The predicted molar refractivity (Wildman–Crippen MR) is 148 cm³/mol. The molecule has 0 radical (unpaired) electrons. The van der Waals surface area contributed by atoms with Crippen LogP contribution in [0.1, 0.15) is 28.8 Å². The number of hydrogen-bond acceptors (Lipinski definition) is 11. The number of ether oxygens (including phenoxy) is 3. The molecule has 1 aromatic heterocycles. The molecule has 3 heterocycles. The standard InChI is InChI=1S/C26H28BrN7O4/c1-36-22-16-21(38-23(35)18-5-4-6-20(27)15-18)8-7-19(22)17-28-32-24-29-25(33-9-2-3-10-33)31-26(30-24)34-11-13-37-14-12-34/h4-8,15-17H,2-3,9-14H2,1H3,(H,29,30,31,32). The second-order valence-electron chi connectivity index (χ2n) is 8.73. The highest BCUT2D eigenvalue weighted by Crippen LogP contribution is 2.25. The summed E-state index contributed by atoms with van der Waals surface area (Å²) in [4.78, 5) is 30.6. The summed E-state index contributed by atoms with van der Waals surface area (Å²) >= 11 is 3.36. The minimum absolute atomic E-state index is 0.359. The number of nitrogens with zero attached hydrogens (tertiary/aromatic N) is 6. The number of carbonyl (C=O) groups is 1. The van der Waals surface area contributed by atoms with Crippen molar-refractivity contribution in [3.05, 3.63) is 58.1 Å². The van der Waals surface area contributed by atoms with Crippen LogP contribution in [0.4, 0.5) is 17.8 Å². The Kier molecular flexibility index (Phi) is 8.29. The Labute approximate surface area is 229 Å². The number of rotatable bonds is 8. The number of esters is 1. The molecule has 198 valence electrons. The lowest BCUT2D eigenvalue weighted by molar-refractivity contribution is 0.0734. The van der Waals surface area contributed by atoms with Crippen LogP contribution in [0.2, 0.25) is 0 Å². The molecule has 0 atom stereocenters. The lowest BCUT2D eigenvalue weighted by Crippen LogP contribution is -2.38. The van der Waals surface area contributed by atoms with Gasteiger partial charge in [-0.1, -0.05) is 22.0 Å². The second kappa shape index (κ2) is 12.2. The summed E-state index contributed by atoms with van der Waals surface area (Å²) in [6.45, 7) is 4.57. The molecule has 11 nitrogen and oxygen atoms in total. The molecular weight excluding hydrogens is 554 g/mol. The molecule has 0 unspecified atom stereocenters. The van der Waals surface area contributed by atoms with Crippen LogP contribution in [-0.4, -0.2) is 73.6 Å². The van der Waals surface area contributed by atoms with E-state index < -0.39 is 5.97 Å². The van der Waals surface area contributed by atoms with Crippen molar-refractivity contribution in [3.8, 4) is 11.5 Å². The first kappa shape index (κ1) is 25.9. The van der Waals surface area contributed by atoms with Gasteiger partial charge in [-0.15, -0.1) is 0 Å². The molecule has 0 aliphatic carbocycles. The van der Waals surface area contributed by atoms with E-state index in [1.807, 2.05) is 6.07 Å². The van der Waals surface area contributed by atoms with E-state index in [0.717, 1.165) is 43.5 Å². The summed E-state index contributed by atoms with van der Waals surface area (Å²) in [7, 11) is 1.54. The van der Waals surface area contributed by atoms with E-state index in [9.17, 15) is 4.79 Å². The molecule has 0 saturated carbocycles. The van der Waals surface area contributed by atoms with E-state index in [4.69, 9.17) is 19.2 Å². The average molecular weight is 582 g/mol. The highest BCUT2D eigenvalue weighted by atomic mass is 79.9. The van der Waals surface area contributed by atoms with E-state index in [2.05, 4.69) is 46.2 Å². The molecule has 0 amide bonds. The van der Waals surface area contributed by atoms with Crippen LogP contribution in [0.5, 0.6) is 11.5 Å². The van der Waals surface area contributed by atoms with Crippen molar-refractivity contribution in [1.82, 2.24) is 15.0 Å². The van der Waals surface area contributed by atoms with Crippen LogP contribution in [0, 0.1) is 0 Å². The zero-order valence-corrected chi connectivity index (χ0v) is 22.6. The molecule has 2 aliphatic heterocycles. The van der Waals surface area contributed by atoms with Crippen molar-refractivity contribution in [3.63, 3.8) is 0 Å². The number of hydrazone groups is 1. The molecule has 2 fully saturated rings. The number of methoxy groups -OCH3 is 1. The predicted octanol–water partition coefficient (Wildman–Crippen LogP) is 3.74. The van der Waals surface area contributed by atoms with Crippen molar-refractivity contribution in [2.24, 2.45) is 5.10 Å². The van der Waals surface area contributed by atoms with E-state index in [1.54, 1.807) is 49.7 Å². The Morgan fingerprint density at radius 2 is 1.76 bits per heavy atom. The molecule has 3 aromatic rings. The third-order valence-corrected chi connectivity index (χ3v) is 6.63. The topological polar surface area (TPSA) is 114 Å². The maximum Gasteiger partial charge on any atom is 0.343 e. The zero-order valence-electron chi connectivity index (χ0n) is 21.0. The largest absolute Gasteiger partial charge is 0.496 e. The molecule has 2 saturated heterocycles.